The molecule has 0 aliphatic heterocycles. The Kier molecular flexibility index (Phi) is 3.87. The zero-order chi connectivity index (χ0) is 14.0. The monoisotopic (exact) mass is 294 g/mol. The second-order valence-electron chi connectivity index (χ2n) is 3.96. The van der Waals surface area contributed by atoms with Crippen molar-refractivity contribution in [2.75, 3.05) is 5.32 Å². The van der Waals surface area contributed by atoms with E-state index in [-0.39, 0.29) is 21.7 Å². The fourth-order valence-corrected chi connectivity index (χ4v) is 1.88. The molecule has 0 saturated carbocycles. The molecule has 0 spiro atoms. The quantitative estimate of drug-likeness (QED) is 0.854. The van der Waals surface area contributed by atoms with Crippen LogP contribution in [0.3, 0.4) is 0 Å². The van der Waals surface area contributed by atoms with Crippen molar-refractivity contribution < 1.29 is 9.21 Å². The van der Waals surface area contributed by atoms with Gasteiger partial charge in [0.05, 0.1) is 11.8 Å². The topological polar surface area (TPSA) is 68.3 Å². The molecular formula is C13H11ClN2O2S. The van der Waals surface area contributed by atoms with Crippen LogP contribution in [0, 0.1) is 6.92 Å². The van der Waals surface area contributed by atoms with Crippen molar-refractivity contribution in [1.82, 2.24) is 0 Å². The highest BCUT2D eigenvalue weighted by Crippen LogP contribution is 2.21. The number of thiocarbonyl (C=S) groups is 1. The normalized spacial score (nSPS) is 10.2. The van der Waals surface area contributed by atoms with Gasteiger partial charge in [-0.05, 0) is 36.2 Å². The van der Waals surface area contributed by atoms with Gasteiger partial charge >= 0.3 is 0 Å². The molecule has 0 fully saturated rings. The van der Waals surface area contributed by atoms with Crippen molar-refractivity contribution in [2.45, 2.75) is 6.92 Å². The third-order valence-electron chi connectivity index (χ3n) is 2.63. The van der Waals surface area contributed by atoms with Gasteiger partial charge in [-0.15, -0.1) is 0 Å². The van der Waals surface area contributed by atoms with Crippen molar-refractivity contribution >= 4 is 40.4 Å². The van der Waals surface area contributed by atoms with Gasteiger partial charge in [0.2, 0.25) is 5.22 Å². The summed E-state index contributed by atoms with van der Waals surface area (Å²) in [6, 6.07) is 6.87. The minimum absolute atomic E-state index is 0.0562. The van der Waals surface area contributed by atoms with Crippen LogP contribution in [-0.4, -0.2) is 10.9 Å². The standard InChI is InChI=1S/C13H11ClN2O2S/c1-7-2-3-8(12(15)19)6-10(7)16-13(17)9-4-5-18-11(9)14/h2-6H,1H3,(H2,15,19)(H,16,17). The summed E-state index contributed by atoms with van der Waals surface area (Å²) in [5, 5.41) is 2.81. The average Bonchev–Trinajstić information content (AvgIpc) is 2.78. The SMILES string of the molecule is Cc1ccc(C(N)=S)cc1NC(=O)c1ccoc1Cl. The lowest BCUT2D eigenvalue weighted by atomic mass is 10.1. The molecule has 98 valence electrons. The number of amides is 1. The van der Waals surface area contributed by atoms with Crippen LogP contribution in [0.25, 0.3) is 0 Å². The Morgan fingerprint density at radius 2 is 2.16 bits per heavy atom. The number of halogens is 1. The van der Waals surface area contributed by atoms with Crippen LogP contribution in [0.1, 0.15) is 21.5 Å². The van der Waals surface area contributed by atoms with Gasteiger partial charge < -0.3 is 15.5 Å². The molecule has 2 rings (SSSR count). The molecule has 0 radical (unpaired) electrons. The third kappa shape index (κ3) is 2.94. The number of nitrogens with one attached hydrogen (secondary N) is 1. The Labute approximate surface area is 120 Å². The summed E-state index contributed by atoms with van der Waals surface area (Å²) in [4.78, 5) is 12.3. The predicted octanol–water partition coefficient (Wildman–Crippen LogP) is 3.13. The summed E-state index contributed by atoms with van der Waals surface area (Å²) >= 11 is 10.7. The number of furan rings is 1. The molecule has 1 heterocycles. The van der Waals surface area contributed by atoms with E-state index >= 15 is 0 Å². The van der Waals surface area contributed by atoms with Gasteiger partial charge in [0.25, 0.3) is 5.91 Å². The van der Waals surface area contributed by atoms with E-state index in [0.717, 1.165) is 5.56 Å². The lowest BCUT2D eigenvalue weighted by molar-refractivity contribution is 0.102. The van der Waals surface area contributed by atoms with Gasteiger partial charge in [-0.2, -0.15) is 0 Å². The zero-order valence-corrected chi connectivity index (χ0v) is 11.6. The number of hydrogen-bond acceptors (Lipinski definition) is 3. The maximum Gasteiger partial charge on any atom is 0.260 e. The Hall–Kier alpha value is -1.85. The molecule has 1 amide bonds. The highest BCUT2D eigenvalue weighted by atomic mass is 35.5. The smallest absolute Gasteiger partial charge is 0.260 e. The molecule has 0 unspecified atom stereocenters. The van der Waals surface area contributed by atoms with Crippen molar-refractivity contribution in [3.63, 3.8) is 0 Å². The van der Waals surface area contributed by atoms with Crippen LogP contribution < -0.4 is 11.1 Å². The van der Waals surface area contributed by atoms with E-state index in [1.54, 1.807) is 12.1 Å². The number of carbonyl (C=O) groups excluding carboxylic acids is 1. The van der Waals surface area contributed by atoms with Gasteiger partial charge in [0.15, 0.2) is 0 Å². The van der Waals surface area contributed by atoms with E-state index in [1.807, 2.05) is 13.0 Å². The van der Waals surface area contributed by atoms with Crippen LogP contribution in [0.4, 0.5) is 5.69 Å². The number of rotatable bonds is 3. The minimum atomic E-state index is -0.345. The molecule has 2 aromatic rings. The fraction of sp³-hybridized carbons (Fsp3) is 0.0769. The number of benzene rings is 1. The Balaban J connectivity index is 2.28. The average molecular weight is 295 g/mol. The molecule has 0 bridgehead atoms. The van der Waals surface area contributed by atoms with E-state index in [2.05, 4.69) is 5.32 Å². The number of hydrogen-bond donors (Lipinski definition) is 2. The van der Waals surface area contributed by atoms with Crippen LogP contribution in [0.5, 0.6) is 0 Å². The van der Waals surface area contributed by atoms with Crippen molar-refractivity contribution in [3.8, 4) is 0 Å². The third-order valence-corrected chi connectivity index (χ3v) is 3.16. The van der Waals surface area contributed by atoms with E-state index in [4.69, 9.17) is 34.0 Å². The number of carbonyl (C=O) groups is 1. The number of aryl methyl sites for hydroxylation is 1. The zero-order valence-electron chi connectivity index (χ0n) is 10.1. The van der Waals surface area contributed by atoms with Crippen molar-refractivity contribution in [2.24, 2.45) is 5.73 Å². The Morgan fingerprint density at radius 1 is 1.42 bits per heavy atom. The van der Waals surface area contributed by atoms with Crippen LogP contribution in [0.15, 0.2) is 34.9 Å². The van der Waals surface area contributed by atoms with E-state index in [1.165, 1.54) is 12.3 Å². The Morgan fingerprint density at radius 3 is 2.74 bits per heavy atom. The van der Waals surface area contributed by atoms with E-state index in [9.17, 15) is 4.79 Å². The van der Waals surface area contributed by atoms with Gasteiger partial charge in [0.1, 0.15) is 4.99 Å². The lowest BCUT2D eigenvalue weighted by Gasteiger charge is -2.09. The van der Waals surface area contributed by atoms with Gasteiger partial charge in [-0.25, -0.2) is 0 Å². The molecule has 6 heteroatoms. The number of anilines is 1. The first-order chi connectivity index (χ1) is 8.99. The minimum Gasteiger partial charge on any atom is -0.452 e. The van der Waals surface area contributed by atoms with Crippen LogP contribution in [-0.2, 0) is 0 Å². The molecule has 0 saturated heterocycles. The summed E-state index contributed by atoms with van der Waals surface area (Å²) in [6.45, 7) is 1.87. The van der Waals surface area contributed by atoms with E-state index < -0.39 is 0 Å². The second kappa shape index (κ2) is 5.42. The molecule has 0 aliphatic rings. The highest BCUT2D eigenvalue weighted by Gasteiger charge is 2.14. The van der Waals surface area contributed by atoms with Crippen LogP contribution in [0.2, 0.25) is 5.22 Å². The molecule has 19 heavy (non-hydrogen) atoms. The first-order valence-corrected chi connectivity index (χ1v) is 6.22. The fourth-order valence-electron chi connectivity index (χ4n) is 1.56. The van der Waals surface area contributed by atoms with Crippen LogP contribution >= 0.6 is 23.8 Å². The molecule has 1 aromatic heterocycles. The highest BCUT2D eigenvalue weighted by molar-refractivity contribution is 7.80. The first kappa shape index (κ1) is 13.6. The molecule has 0 atom stereocenters. The summed E-state index contributed by atoms with van der Waals surface area (Å²) in [5.41, 5.74) is 8.06. The summed E-state index contributed by atoms with van der Waals surface area (Å²) < 4.78 is 4.88. The van der Waals surface area contributed by atoms with Gasteiger partial charge in [-0.3, -0.25) is 4.79 Å². The summed E-state index contributed by atoms with van der Waals surface area (Å²) in [5.74, 6) is -0.345. The maximum absolute atomic E-state index is 12.0. The largest absolute Gasteiger partial charge is 0.452 e. The second-order valence-corrected chi connectivity index (χ2v) is 4.74. The molecule has 1 aromatic carbocycles. The van der Waals surface area contributed by atoms with Gasteiger partial charge in [-0.1, -0.05) is 24.4 Å². The molecule has 3 N–H and O–H groups in total. The number of nitrogens with two attached hydrogens (primary N) is 1. The summed E-state index contributed by atoms with van der Waals surface area (Å²) in [7, 11) is 0. The van der Waals surface area contributed by atoms with Crippen molar-refractivity contribution in [1.29, 1.82) is 0 Å². The molecule has 4 nitrogen and oxygen atoms in total. The van der Waals surface area contributed by atoms with Gasteiger partial charge in [0, 0.05) is 11.3 Å². The van der Waals surface area contributed by atoms with Crippen molar-refractivity contribution in [3.05, 3.63) is 52.4 Å². The first-order valence-electron chi connectivity index (χ1n) is 5.44. The van der Waals surface area contributed by atoms with E-state index in [0.29, 0.717) is 11.3 Å². The Bertz CT molecular complexity index is 652. The maximum atomic E-state index is 12.0. The molecular weight excluding hydrogens is 284 g/mol. The summed E-state index contributed by atoms with van der Waals surface area (Å²) in [6.07, 6.45) is 1.36. The molecule has 0 aliphatic carbocycles. The predicted molar refractivity (Wildman–Crippen MR) is 78.7 cm³/mol. The lowest BCUT2D eigenvalue weighted by Crippen LogP contribution is -2.14.